The number of ether oxygens (including phenoxy) is 2. The molecule has 0 radical (unpaired) electrons. The third-order valence-electron chi connectivity index (χ3n) is 15.7. The van der Waals surface area contributed by atoms with Gasteiger partial charge in [-0.25, -0.2) is 5.43 Å². The standard InChI is InChI=1S/C55H74N8O8/c1-12-62-44-16-15-35-25-40(44)41(47(62)42-29-56-19-17-37(42)31-70-11)27-53(4,5)32-71-50(67)43-14-13-20-63(58-43)52(69)55(26-34-22-38(35)24-39(64)23-34)28-45(55)57-48(65)46(33(2)3)60(10)49(66)36-18-21-61(30-36)51(68)54(6,7)59(8)9/h15-17,19,22-25,29,33,36,43,45-46,58,64H,12-14,18,20-21,26-28,30-32H2,1-11H3,(H,57,65)/t36-,43-,45?,46-,55?/m0/s1. The topological polar surface area (TPSA) is 179 Å². The van der Waals surface area contributed by atoms with Gasteiger partial charge in [0.15, 0.2) is 0 Å². The second kappa shape index (κ2) is 20.0. The van der Waals surface area contributed by atoms with Crippen LogP contribution in [0.4, 0.5) is 0 Å². The lowest BCUT2D eigenvalue weighted by Gasteiger charge is -2.36. The molecule has 4 aromatic rings. The highest BCUT2D eigenvalue weighted by atomic mass is 16.5. The van der Waals surface area contributed by atoms with Crippen LogP contribution in [0, 0.1) is 22.7 Å². The average Bonchev–Trinajstić information content (AvgIpc) is 3.62. The van der Waals surface area contributed by atoms with E-state index in [1.165, 1.54) is 9.91 Å². The number of hydrazine groups is 1. The minimum atomic E-state index is -1.14. The second-order valence-electron chi connectivity index (χ2n) is 22.3. The number of cyclic esters (lactones) is 1. The number of amides is 4. The summed E-state index contributed by atoms with van der Waals surface area (Å²) in [6, 6.07) is 11.5. The molecule has 3 N–H and O–H groups in total. The first-order valence-corrected chi connectivity index (χ1v) is 25.3. The molecule has 4 aliphatic rings. The van der Waals surface area contributed by atoms with Gasteiger partial charge < -0.3 is 34.3 Å². The van der Waals surface area contributed by atoms with E-state index in [0.717, 1.165) is 44.4 Å². The molecule has 71 heavy (non-hydrogen) atoms. The van der Waals surface area contributed by atoms with Crippen molar-refractivity contribution in [1.82, 2.24) is 40.0 Å². The van der Waals surface area contributed by atoms with E-state index in [2.05, 4.69) is 59.3 Å². The smallest absolute Gasteiger partial charge is 0.324 e. The monoisotopic (exact) mass is 975 g/mol. The van der Waals surface area contributed by atoms with Gasteiger partial charge in [0, 0.05) is 80.7 Å². The predicted molar refractivity (Wildman–Crippen MR) is 272 cm³/mol. The molecule has 1 saturated carbocycles. The number of carbonyl (C=O) groups is 5. The van der Waals surface area contributed by atoms with Crippen LogP contribution in [0.2, 0.25) is 0 Å². The van der Waals surface area contributed by atoms with Crippen molar-refractivity contribution < 1.29 is 38.6 Å². The Morgan fingerprint density at radius 3 is 2.49 bits per heavy atom. The minimum absolute atomic E-state index is 0.0416. The molecule has 2 unspecified atom stereocenters. The molecule has 16 nitrogen and oxygen atoms in total. The molecule has 382 valence electrons. The first-order valence-electron chi connectivity index (χ1n) is 25.3. The number of esters is 1. The number of carbonyl (C=O) groups excluding carboxylic acids is 5. The number of benzene rings is 2. The summed E-state index contributed by atoms with van der Waals surface area (Å²) in [6.07, 6.45) is 6.23. The van der Waals surface area contributed by atoms with Gasteiger partial charge in [0.25, 0.3) is 0 Å². The van der Waals surface area contributed by atoms with Crippen LogP contribution in [0.25, 0.3) is 33.3 Å². The number of nitrogens with zero attached hydrogens (tertiary/aromatic N) is 6. The third-order valence-corrected chi connectivity index (χ3v) is 15.7. The van der Waals surface area contributed by atoms with E-state index in [0.29, 0.717) is 63.9 Å². The number of nitrogens with one attached hydrogen (secondary N) is 2. The number of likely N-dealkylation sites (N-methyl/N-ethyl adjacent to an activating group) is 2. The third kappa shape index (κ3) is 10.0. The normalized spacial score (nSPS) is 23.0. The quantitative estimate of drug-likeness (QED) is 0.151. The summed E-state index contributed by atoms with van der Waals surface area (Å²) in [6.45, 7) is 16.1. The number of pyridine rings is 1. The number of aromatic nitrogens is 2. The minimum Gasteiger partial charge on any atom is -0.508 e. The lowest BCUT2D eigenvalue weighted by molar-refractivity contribution is -0.156. The number of methoxy groups -OCH3 is 1. The molecule has 2 aromatic heterocycles. The van der Waals surface area contributed by atoms with Gasteiger partial charge in [-0.3, -0.25) is 38.9 Å². The van der Waals surface area contributed by atoms with Gasteiger partial charge in [0.1, 0.15) is 17.8 Å². The molecular formula is C55H74N8O8. The van der Waals surface area contributed by atoms with Crippen LogP contribution in [-0.4, -0.2) is 142 Å². The van der Waals surface area contributed by atoms with Crippen molar-refractivity contribution >= 4 is 40.5 Å². The van der Waals surface area contributed by atoms with Crippen molar-refractivity contribution in [3.63, 3.8) is 0 Å². The van der Waals surface area contributed by atoms with Crippen molar-refractivity contribution in [2.24, 2.45) is 22.7 Å². The lowest BCUT2D eigenvalue weighted by atomic mass is 9.84. The summed E-state index contributed by atoms with van der Waals surface area (Å²) in [5.74, 6) is -2.04. The van der Waals surface area contributed by atoms with Crippen LogP contribution in [0.15, 0.2) is 54.9 Å². The van der Waals surface area contributed by atoms with Gasteiger partial charge in [-0.15, -0.1) is 0 Å². The molecular weight excluding hydrogens is 901 g/mol. The molecule has 3 fully saturated rings. The van der Waals surface area contributed by atoms with Crippen LogP contribution >= 0.6 is 0 Å². The highest BCUT2D eigenvalue weighted by Crippen LogP contribution is 2.51. The highest BCUT2D eigenvalue weighted by molar-refractivity contribution is 5.96. The predicted octanol–water partition coefficient (Wildman–Crippen LogP) is 5.95. The van der Waals surface area contributed by atoms with Gasteiger partial charge in [-0.1, -0.05) is 39.8 Å². The number of hydrogen-bond acceptors (Lipinski definition) is 11. The van der Waals surface area contributed by atoms with Crippen molar-refractivity contribution in [3.8, 4) is 28.1 Å². The highest BCUT2D eigenvalue weighted by Gasteiger charge is 2.63. The van der Waals surface area contributed by atoms with Crippen LogP contribution in [-0.2, 0) is 59.4 Å². The number of hydrogen-bond donors (Lipinski definition) is 3. The Balaban J connectivity index is 1.14. The summed E-state index contributed by atoms with van der Waals surface area (Å²) in [7, 11) is 7.04. The summed E-state index contributed by atoms with van der Waals surface area (Å²) < 4.78 is 14.1. The van der Waals surface area contributed by atoms with Gasteiger partial charge in [0.05, 0.1) is 35.8 Å². The van der Waals surface area contributed by atoms with Crippen molar-refractivity contribution in [3.05, 3.63) is 71.5 Å². The summed E-state index contributed by atoms with van der Waals surface area (Å²) >= 11 is 0. The van der Waals surface area contributed by atoms with Gasteiger partial charge in [0.2, 0.25) is 23.6 Å². The van der Waals surface area contributed by atoms with E-state index < -0.39 is 46.4 Å². The Morgan fingerprint density at radius 2 is 1.79 bits per heavy atom. The van der Waals surface area contributed by atoms with Crippen LogP contribution in [0.3, 0.4) is 0 Å². The summed E-state index contributed by atoms with van der Waals surface area (Å²) in [5.41, 5.74) is 8.25. The number of fused-ring (bicyclic) bond motifs is 6. The van der Waals surface area contributed by atoms with Crippen LogP contribution in [0.1, 0.15) is 90.8 Å². The SMILES string of the molecule is CCn1c(-c2cnccc2COC)c2c3cc(ccc31)-c1cc(O)cc(c1)CC1(CC1NC(=O)[C@H](C(C)C)N(C)C(=O)[C@H]1CCN(C(=O)C(C)(C)N(C)C)C1)C(=O)N1CCC[C@H](N1)C(=O)OCC(C)(C)C2. The number of aryl methyl sites for hydroxylation is 1. The molecule has 8 rings (SSSR count). The fourth-order valence-electron chi connectivity index (χ4n) is 11.2. The van der Waals surface area contributed by atoms with Crippen molar-refractivity contribution in [2.75, 3.05) is 54.5 Å². The Morgan fingerprint density at radius 1 is 1.03 bits per heavy atom. The van der Waals surface area contributed by atoms with E-state index in [1.807, 2.05) is 65.0 Å². The maximum Gasteiger partial charge on any atom is 0.324 e. The largest absolute Gasteiger partial charge is 0.508 e. The Hall–Kier alpha value is -5.84. The molecule has 6 bridgehead atoms. The van der Waals surface area contributed by atoms with E-state index >= 15 is 4.79 Å². The Bertz CT molecular complexity index is 2710. The van der Waals surface area contributed by atoms with Gasteiger partial charge in [-0.05, 0) is 137 Å². The fourth-order valence-corrected chi connectivity index (χ4v) is 11.2. The number of likely N-dealkylation sites (tertiary alicyclic amines) is 1. The Labute approximate surface area is 418 Å². The van der Waals surface area contributed by atoms with Gasteiger partial charge in [-0.2, -0.15) is 0 Å². The van der Waals surface area contributed by atoms with Crippen molar-refractivity contribution in [1.29, 1.82) is 0 Å². The number of aromatic hydroxyl groups is 1. The first kappa shape index (κ1) is 51.5. The number of phenolic OH excluding ortho intramolecular Hbond substituents is 1. The lowest BCUT2D eigenvalue weighted by Crippen LogP contribution is -2.58. The molecule has 3 aliphatic heterocycles. The van der Waals surface area contributed by atoms with E-state index in [-0.39, 0.29) is 54.9 Å². The first-order chi connectivity index (χ1) is 33.6. The molecule has 2 aromatic carbocycles. The zero-order valence-corrected chi connectivity index (χ0v) is 43.6. The zero-order valence-electron chi connectivity index (χ0n) is 43.6. The summed E-state index contributed by atoms with van der Waals surface area (Å²) in [4.78, 5) is 81.0. The van der Waals surface area contributed by atoms with E-state index in [4.69, 9.17) is 9.47 Å². The molecule has 5 heterocycles. The van der Waals surface area contributed by atoms with E-state index in [1.54, 1.807) is 37.4 Å². The van der Waals surface area contributed by atoms with Crippen LogP contribution in [0.5, 0.6) is 5.75 Å². The molecule has 16 heteroatoms. The maximum absolute atomic E-state index is 15.1. The molecule has 4 amide bonds. The molecule has 1 spiro atoms. The molecule has 2 saturated heterocycles. The van der Waals surface area contributed by atoms with Crippen molar-refractivity contribution in [2.45, 2.75) is 124 Å². The second-order valence-corrected chi connectivity index (χ2v) is 22.3. The molecule has 5 atom stereocenters. The summed E-state index contributed by atoms with van der Waals surface area (Å²) in [5, 5.41) is 17.2. The van der Waals surface area contributed by atoms with Gasteiger partial charge >= 0.3 is 5.97 Å². The van der Waals surface area contributed by atoms with E-state index in [9.17, 15) is 24.3 Å². The number of phenols is 1. The molecule has 1 aliphatic carbocycles. The van der Waals surface area contributed by atoms with Crippen LogP contribution < -0.4 is 10.7 Å². The average molecular weight is 975 g/mol. The maximum atomic E-state index is 15.1. The Kier molecular flexibility index (Phi) is 14.5. The zero-order chi connectivity index (χ0) is 51.3. The fraction of sp³-hybridized carbons (Fsp3) is 0.564. The number of rotatable bonds is 11.